The summed E-state index contributed by atoms with van der Waals surface area (Å²) in [6, 6.07) is 4.45. The van der Waals surface area contributed by atoms with Crippen molar-refractivity contribution in [3.8, 4) is 5.75 Å². The minimum absolute atomic E-state index is 0.0139. The third-order valence-corrected chi connectivity index (χ3v) is 5.00. The van der Waals surface area contributed by atoms with Gasteiger partial charge in [-0.05, 0) is 44.4 Å². The molecule has 1 heterocycles. The average Bonchev–Trinajstić information content (AvgIpc) is 2.68. The number of hydrogen-bond donors (Lipinski definition) is 4. The number of amides is 2. The van der Waals surface area contributed by atoms with Gasteiger partial charge in [0.2, 0.25) is 0 Å². The Hall–Kier alpha value is -2.49. The maximum absolute atomic E-state index is 11.8. The van der Waals surface area contributed by atoms with Crippen LogP contribution in [0.1, 0.15) is 25.8 Å². The minimum atomic E-state index is -3.98. The van der Waals surface area contributed by atoms with Gasteiger partial charge in [0, 0.05) is 5.54 Å². The molecule has 1 fully saturated rings. The van der Waals surface area contributed by atoms with Crippen molar-refractivity contribution >= 4 is 27.9 Å². The Morgan fingerprint density at radius 2 is 2.08 bits per heavy atom. The van der Waals surface area contributed by atoms with Crippen molar-refractivity contribution in [2.24, 2.45) is 0 Å². The lowest BCUT2D eigenvalue weighted by atomic mass is 9.95. The summed E-state index contributed by atoms with van der Waals surface area (Å²) in [5, 5.41) is 21.3. The number of carboxylic acid groups (broad SMARTS) is 1. The zero-order valence-electron chi connectivity index (χ0n) is 13.2. The standard InChI is InChI=1S/C14H19N3O6S/c1-14(2,15-13(20)21)6-5-9-3-4-10(11(18)7-9)17-8-12(19)16-24(17,22)23/h3-4,7,15,18H,5-6,8H2,1-2H3,(H,16,19)(H,20,21). The summed E-state index contributed by atoms with van der Waals surface area (Å²) in [5.74, 6) is -0.934. The van der Waals surface area contributed by atoms with Crippen LogP contribution in [0.4, 0.5) is 10.5 Å². The van der Waals surface area contributed by atoms with Gasteiger partial charge in [0.25, 0.3) is 5.91 Å². The van der Waals surface area contributed by atoms with Gasteiger partial charge in [-0.2, -0.15) is 8.42 Å². The van der Waals surface area contributed by atoms with E-state index in [0.717, 1.165) is 4.31 Å². The molecule has 1 aliphatic heterocycles. The summed E-state index contributed by atoms with van der Waals surface area (Å²) >= 11 is 0. The van der Waals surface area contributed by atoms with Crippen LogP contribution in [0.3, 0.4) is 0 Å². The fraction of sp³-hybridized carbons (Fsp3) is 0.429. The monoisotopic (exact) mass is 357 g/mol. The highest BCUT2D eigenvalue weighted by Gasteiger charge is 2.35. The number of aryl methyl sites for hydroxylation is 1. The van der Waals surface area contributed by atoms with E-state index in [9.17, 15) is 23.1 Å². The number of carbonyl (C=O) groups excluding carboxylic acids is 1. The quantitative estimate of drug-likeness (QED) is 0.608. The minimum Gasteiger partial charge on any atom is -0.506 e. The first kappa shape index (κ1) is 17.9. The molecule has 1 aromatic carbocycles. The summed E-state index contributed by atoms with van der Waals surface area (Å²) in [5.41, 5.74) is 0.0850. The SMILES string of the molecule is CC(C)(CCc1ccc(N2CC(=O)NS2(=O)=O)c(O)c1)NC(=O)O. The lowest BCUT2D eigenvalue weighted by Crippen LogP contribution is -2.42. The maximum atomic E-state index is 11.8. The van der Waals surface area contributed by atoms with Crippen molar-refractivity contribution in [2.75, 3.05) is 10.8 Å². The molecular weight excluding hydrogens is 338 g/mol. The molecule has 0 aliphatic carbocycles. The van der Waals surface area contributed by atoms with Crippen LogP contribution in [0.15, 0.2) is 18.2 Å². The molecule has 1 aliphatic rings. The smallest absolute Gasteiger partial charge is 0.405 e. The predicted octanol–water partition coefficient (Wildman–Crippen LogP) is 0.552. The summed E-state index contributed by atoms with van der Waals surface area (Å²) in [4.78, 5) is 22.0. The van der Waals surface area contributed by atoms with Crippen LogP contribution in [0.2, 0.25) is 0 Å². The largest absolute Gasteiger partial charge is 0.506 e. The highest BCUT2D eigenvalue weighted by Crippen LogP contribution is 2.32. The number of anilines is 1. The van der Waals surface area contributed by atoms with E-state index < -0.39 is 27.7 Å². The number of phenolic OH excluding ortho intramolecular Hbond substituents is 1. The third-order valence-electron chi connectivity index (χ3n) is 3.61. The van der Waals surface area contributed by atoms with Crippen LogP contribution in [0.5, 0.6) is 5.75 Å². The lowest BCUT2D eigenvalue weighted by molar-refractivity contribution is -0.117. The highest BCUT2D eigenvalue weighted by atomic mass is 32.2. The highest BCUT2D eigenvalue weighted by molar-refractivity contribution is 7.92. The molecule has 0 saturated carbocycles. The molecule has 0 aromatic heterocycles. The molecule has 2 rings (SSSR count). The molecule has 24 heavy (non-hydrogen) atoms. The van der Waals surface area contributed by atoms with E-state index in [0.29, 0.717) is 18.4 Å². The van der Waals surface area contributed by atoms with Crippen molar-refractivity contribution < 1.29 is 28.2 Å². The van der Waals surface area contributed by atoms with Crippen LogP contribution < -0.4 is 14.3 Å². The topological polar surface area (TPSA) is 136 Å². The van der Waals surface area contributed by atoms with Crippen LogP contribution >= 0.6 is 0 Å². The second-order valence-corrected chi connectivity index (χ2v) is 7.77. The fourth-order valence-electron chi connectivity index (χ4n) is 2.41. The van der Waals surface area contributed by atoms with E-state index in [4.69, 9.17) is 5.11 Å². The van der Waals surface area contributed by atoms with Crippen molar-refractivity contribution in [3.05, 3.63) is 23.8 Å². The molecule has 2 amide bonds. The van der Waals surface area contributed by atoms with Crippen molar-refractivity contribution in [1.29, 1.82) is 0 Å². The molecule has 10 heteroatoms. The average molecular weight is 357 g/mol. The molecule has 0 atom stereocenters. The van der Waals surface area contributed by atoms with Gasteiger partial charge in [-0.3, -0.25) is 4.79 Å². The zero-order valence-corrected chi connectivity index (χ0v) is 14.1. The maximum Gasteiger partial charge on any atom is 0.405 e. The number of hydrogen-bond acceptors (Lipinski definition) is 5. The van der Waals surface area contributed by atoms with E-state index >= 15 is 0 Å². The van der Waals surface area contributed by atoms with Crippen LogP contribution in [-0.4, -0.2) is 42.7 Å². The molecule has 0 unspecified atom stereocenters. The van der Waals surface area contributed by atoms with Crippen LogP contribution in [-0.2, 0) is 21.4 Å². The second-order valence-electron chi connectivity index (χ2n) is 6.17. The van der Waals surface area contributed by atoms with Crippen molar-refractivity contribution in [2.45, 2.75) is 32.2 Å². The van der Waals surface area contributed by atoms with Crippen LogP contribution in [0, 0.1) is 0 Å². The number of aromatic hydroxyl groups is 1. The first-order valence-corrected chi connectivity index (χ1v) is 8.60. The number of benzene rings is 1. The molecule has 9 nitrogen and oxygen atoms in total. The predicted molar refractivity (Wildman–Crippen MR) is 86.1 cm³/mol. The molecule has 132 valence electrons. The van der Waals surface area contributed by atoms with Crippen molar-refractivity contribution in [3.63, 3.8) is 0 Å². The van der Waals surface area contributed by atoms with Gasteiger partial charge in [-0.1, -0.05) is 6.07 Å². The van der Waals surface area contributed by atoms with E-state index in [1.54, 1.807) is 19.9 Å². The summed E-state index contributed by atoms with van der Waals surface area (Å²) in [6.45, 7) is 3.09. The Morgan fingerprint density at radius 1 is 1.42 bits per heavy atom. The first-order chi connectivity index (χ1) is 11.0. The van der Waals surface area contributed by atoms with E-state index in [-0.39, 0.29) is 18.0 Å². The number of phenols is 1. The first-order valence-electron chi connectivity index (χ1n) is 7.16. The van der Waals surface area contributed by atoms with Gasteiger partial charge in [-0.25, -0.2) is 13.8 Å². The van der Waals surface area contributed by atoms with Gasteiger partial charge in [-0.15, -0.1) is 0 Å². The molecule has 1 saturated heterocycles. The summed E-state index contributed by atoms with van der Waals surface area (Å²) < 4.78 is 26.2. The third kappa shape index (κ3) is 4.07. The van der Waals surface area contributed by atoms with Crippen molar-refractivity contribution in [1.82, 2.24) is 10.0 Å². The van der Waals surface area contributed by atoms with Gasteiger partial charge in [0.1, 0.15) is 12.3 Å². The number of nitrogens with zero attached hydrogens (tertiary/aromatic N) is 1. The van der Waals surface area contributed by atoms with E-state index in [1.165, 1.54) is 12.1 Å². The van der Waals surface area contributed by atoms with Gasteiger partial charge >= 0.3 is 16.3 Å². The molecule has 4 N–H and O–H groups in total. The second kappa shape index (κ2) is 6.19. The normalized spacial score (nSPS) is 16.8. The fourth-order valence-corrected chi connectivity index (χ4v) is 3.57. The van der Waals surface area contributed by atoms with Gasteiger partial charge < -0.3 is 15.5 Å². The van der Waals surface area contributed by atoms with Gasteiger partial charge in [0.05, 0.1) is 5.69 Å². The molecule has 0 bridgehead atoms. The Labute approximate surface area is 139 Å². The number of carbonyl (C=O) groups is 2. The number of nitrogens with one attached hydrogen (secondary N) is 2. The molecule has 1 aromatic rings. The van der Waals surface area contributed by atoms with Crippen LogP contribution in [0.25, 0.3) is 0 Å². The molecule has 0 spiro atoms. The lowest BCUT2D eigenvalue weighted by Gasteiger charge is -2.24. The van der Waals surface area contributed by atoms with E-state index in [2.05, 4.69) is 5.32 Å². The molecule has 0 radical (unpaired) electrons. The zero-order chi connectivity index (χ0) is 18.1. The van der Waals surface area contributed by atoms with Gasteiger partial charge in [0.15, 0.2) is 0 Å². The Kier molecular flexibility index (Phi) is 4.61. The van der Waals surface area contributed by atoms with E-state index in [1.807, 2.05) is 4.72 Å². The summed E-state index contributed by atoms with van der Waals surface area (Å²) in [7, 11) is -3.98. The Bertz CT molecular complexity index is 775. The Balaban J connectivity index is 2.13. The summed E-state index contributed by atoms with van der Waals surface area (Å²) in [6.07, 6.45) is -0.153. The number of rotatable bonds is 5. The Morgan fingerprint density at radius 3 is 2.58 bits per heavy atom. The molecular formula is C14H19N3O6S.